The summed E-state index contributed by atoms with van der Waals surface area (Å²) >= 11 is 0. The lowest BCUT2D eigenvalue weighted by Gasteiger charge is -2.13. The molecule has 0 aliphatic carbocycles. The first kappa shape index (κ1) is 17.1. The zero-order valence-corrected chi connectivity index (χ0v) is 14.4. The molecule has 0 bridgehead atoms. The molecule has 3 rings (SSSR count). The van der Waals surface area contributed by atoms with Crippen molar-refractivity contribution in [2.45, 2.75) is 4.90 Å². The molecule has 0 fully saturated rings. The molecule has 26 heavy (non-hydrogen) atoms. The van der Waals surface area contributed by atoms with E-state index in [1.165, 1.54) is 43.7 Å². The van der Waals surface area contributed by atoms with Crippen molar-refractivity contribution in [2.24, 2.45) is 5.10 Å². The van der Waals surface area contributed by atoms with Crippen LogP contribution in [0.4, 0.5) is 0 Å². The Balaban J connectivity index is 1.93. The number of benzene rings is 1. The normalized spacial score (nSPS) is 11.3. The summed E-state index contributed by atoms with van der Waals surface area (Å²) in [5, 5.41) is 26.0. The van der Waals surface area contributed by atoms with Gasteiger partial charge in [0.15, 0.2) is 0 Å². The van der Waals surface area contributed by atoms with Crippen LogP contribution in [0, 0.1) is 22.7 Å². The van der Waals surface area contributed by atoms with Gasteiger partial charge in [0, 0.05) is 18.8 Å². The van der Waals surface area contributed by atoms with E-state index in [1.807, 2.05) is 12.1 Å². The molecule has 0 saturated heterocycles. The van der Waals surface area contributed by atoms with E-state index in [2.05, 4.69) is 10.2 Å². The van der Waals surface area contributed by atoms with Gasteiger partial charge in [-0.15, -0.1) is 0 Å². The molecule has 0 spiro atoms. The van der Waals surface area contributed by atoms with Crippen LogP contribution in [0.1, 0.15) is 16.7 Å². The minimum Gasteiger partial charge on any atom is -0.240 e. The zero-order chi connectivity index (χ0) is 18.7. The first-order valence-corrected chi connectivity index (χ1v) is 8.80. The van der Waals surface area contributed by atoms with E-state index in [-0.39, 0.29) is 10.5 Å². The van der Waals surface area contributed by atoms with Gasteiger partial charge in [-0.1, -0.05) is 6.07 Å². The molecule has 2 aromatic heterocycles. The van der Waals surface area contributed by atoms with Crippen LogP contribution in [0.15, 0.2) is 58.8 Å². The van der Waals surface area contributed by atoms with Gasteiger partial charge in [-0.2, -0.15) is 33.6 Å². The lowest BCUT2D eigenvalue weighted by molar-refractivity contribution is 0.491. The number of hydrogen-bond donors (Lipinski definition) is 0. The highest BCUT2D eigenvalue weighted by Gasteiger charge is 2.19. The van der Waals surface area contributed by atoms with Gasteiger partial charge in [-0.05, 0) is 30.3 Å². The van der Waals surface area contributed by atoms with E-state index < -0.39 is 10.0 Å². The molecule has 128 valence electrons. The Labute approximate surface area is 149 Å². The fourth-order valence-corrected chi connectivity index (χ4v) is 3.26. The third-order valence-electron chi connectivity index (χ3n) is 3.65. The fraction of sp³-hybridized carbons (Fsp3) is 0.0588. The van der Waals surface area contributed by atoms with E-state index in [0.717, 1.165) is 4.41 Å². The van der Waals surface area contributed by atoms with Gasteiger partial charge >= 0.3 is 0 Å². The van der Waals surface area contributed by atoms with Crippen LogP contribution in [-0.2, 0) is 10.0 Å². The number of hydrazone groups is 1. The molecule has 2 heterocycles. The van der Waals surface area contributed by atoms with Crippen LogP contribution >= 0.6 is 0 Å². The predicted octanol–water partition coefficient (Wildman–Crippen LogP) is 1.73. The van der Waals surface area contributed by atoms with Crippen LogP contribution in [0.2, 0.25) is 0 Å². The van der Waals surface area contributed by atoms with Crippen LogP contribution in [-0.4, -0.2) is 35.7 Å². The smallest absolute Gasteiger partial charge is 0.240 e. The number of nitrogens with zero attached hydrogens (tertiary/aromatic N) is 6. The largest absolute Gasteiger partial charge is 0.278 e. The average molecular weight is 364 g/mol. The Morgan fingerprint density at radius 1 is 1.19 bits per heavy atom. The molecule has 1 aromatic carbocycles. The highest BCUT2D eigenvalue weighted by atomic mass is 32.2. The molecule has 0 N–H and O–H groups in total. The summed E-state index contributed by atoms with van der Waals surface area (Å²) in [6.07, 6.45) is 4.52. The SMILES string of the molecule is CN(N=Cc1cnn2ccc(C#N)cc12)S(=O)(=O)c1cccc(C#N)c1. The monoisotopic (exact) mass is 364 g/mol. The Hall–Kier alpha value is -3.69. The third-order valence-corrected chi connectivity index (χ3v) is 5.29. The topological polar surface area (TPSA) is 115 Å². The Morgan fingerprint density at radius 2 is 1.92 bits per heavy atom. The van der Waals surface area contributed by atoms with E-state index >= 15 is 0 Å². The number of fused-ring (bicyclic) bond motifs is 1. The van der Waals surface area contributed by atoms with Gasteiger partial charge in [-0.25, -0.2) is 4.52 Å². The maximum Gasteiger partial charge on any atom is 0.278 e. The fourth-order valence-electron chi connectivity index (χ4n) is 2.25. The molecule has 0 saturated carbocycles. The molecule has 9 heteroatoms. The summed E-state index contributed by atoms with van der Waals surface area (Å²) in [5.74, 6) is 0. The van der Waals surface area contributed by atoms with Crippen molar-refractivity contribution in [3.8, 4) is 12.1 Å². The second-order valence-electron chi connectivity index (χ2n) is 5.28. The summed E-state index contributed by atoms with van der Waals surface area (Å²) in [5.41, 5.74) is 1.90. The van der Waals surface area contributed by atoms with Crippen molar-refractivity contribution in [1.29, 1.82) is 10.5 Å². The van der Waals surface area contributed by atoms with Gasteiger partial charge in [0.2, 0.25) is 0 Å². The van der Waals surface area contributed by atoms with Crippen LogP contribution in [0.25, 0.3) is 5.52 Å². The van der Waals surface area contributed by atoms with Crippen molar-refractivity contribution in [1.82, 2.24) is 14.0 Å². The Bertz CT molecular complexity index is 1200. The van der Waals surface area contributed by atoms with Gasteiger partial charge in [0.05, 0.1) is 46.1 Å². The molecule has 3 aromatic rings. The number of aromatic nitrogens is 2. The summed E-state index contributed by atoms with van der Waals surface area (Å²) < 4.78 is 27.5. The zero-order valence-electron chi connectivity index (χ0n) is 13.6. The second-order valence-corrected chi connectivity index (χ2v) is 7.23. The highest BCUT2D eigenvalue weighted by Crippen LogP contribution is 2.16. The van der Waals surface area contributed by atoms with E-state index in [4.69, 9.17) is 10.5 Å². The van der Waals surface area contributed by atoms with Crippen LogP contribution < -0.4 is 0 Å². The molecular formula is C17H12N6O2S. The summed E-state index contributed by atoms with van der Waals surface area (Å²) in [4.78, 5) is -0.0252. The van der Waals surface area contributed by atoms with Crippen molar-refractivity contribution in [3.63, 3.8) is 0 Å². The molecule has 0 unspecified atom stereocenters. The van der Waals surface area contributed by atoms with Gasteiger partial charge in [-0.3, -0.25) is 0 Å². The Morgan fingerprint density at radius 3 is 2.65 bits per heavy atom. The molecule has 0 atom stereocenters. The molecule has 0 amide bonds. The molecule has 0 aliphatic rings. The van der Waals surface area contributed by atoms with Crippen LogP contribution in [0.5, 0.6) is 0 Å². The van der Waals surface area contributed by atoms with E-state index in [9.17, 15) is 8.42 Å². The second kappa shape index (κ2) is 6.67. The number of rotatable bonds is 4. The minimum atomic E-state index is -3.89. The van der Waals surface area contributed by atoms with E-state index in [1.54, 1.807) is 22.8 Å². The summed E-state index contributed by atoms with van der Waals surface area (Å²) in [7, 11) is -2.58. The van der Waals surface area contributed by atoms with Crippen molar-refractivity contribution < 1.29 is 8.42 Å². The van der Waals surface area contributed by atoms with Crippen LogP contribution in [0.3, 0.4) is 0 Å². The lowest BCUT2D eigenvalue weighted by Crippen LogP contribution is -2.22. The van der Waals surface area contributed by atoms with Gasteiger partial charge < -0.3 is 0 Å². The number of hydrogen-bond acceptors (Lipinski definition) is 6. The number of pyridine rings is 1. The maximum absolute atomic E-state index is 12.6. The molecule has 0 radical (unpaired) electrons. The standard InChI is InChI=1S/C17H12N6O2S/c1-22(26(24,25)16-4-2-3-13(7-16)9-18)20-11-15-12-21-23-6-5-14(10-19)8-17(15)23/h2-8,11-12H,1H3. The highest BCUT2D eigenvalue weighted by molar-refractivity contribution is 7.89. The quantitative estimate of drug-likeness (QED) is 0.516. The molecule has 0 aliphatic heterocycles. The predicted molar refractivity (Wildman–Crippen MR) is 93.6 cm³/mol. The van der Waals surface area contributed by atoms with Gasteiger partial charge in [0.25, 0.3) is 10.0 Å². The molecule has 8 nitrogen and oxygen atoms in total. The first-order chi connectivity index (χ1) is 12.5. The molecular weight excluding hydrogens is 352 g/mol. The van der Waals surface area contributed by atoms with E-state index in [0.29, 0.717) is 16.6 Å². The Kier molecular flexibility index (Phi) is 4.40. The lowest BCUT2D eigenvalue weighted by atomic mass is 10.2. The first-order valence-electron chi connectivity index (χ1n) is 7.36. The minimum absolute atomic E-state index is 0.0252. The van der Waals surface area contributed by atoms with Crippen molar-refractivity contribution in [2.75, 3.05) is 7.05 Å². The number of nitriles is 2. The van der Waals surface area contributed by atoms with Gasteiger partial charge in [0.1, 0.15) is 0 Å². The number of sulfonamides is 1. The average Bonchev–Trinajstić information content (AvgIpc) is 3.08. The van der Waals surface area contributed by atoms with Crippen molar-refractivity contribution >= 4 is 21.8 Å². The summed E-state index contributed by atoms with van der Waals surface area (Å²) in [6.45, 7) is 0. The maximum atomic E-state index is 12.6. The summed E-state index contributed by atoms with van der Waals surface area (Å²) in [6, 6.07) is 12.9. The van der Waals surface area contributed by atoms with Crippen molar-refractivity contribution in [3.05, 3.63) is 65.5 Å². The third kappa shape index (κ3) is 3.11.